The first-order chi connectivity index (χ1) is 13.2. The number of benzene rings is 3. The first-order valence-corrected chi connectivity index (χ1v) is 8.84. The van der Waals surface area contributed by atoms with Gasteiger partial charge in [-0.25, -0.2) is 4.98 Å². The van der Waals surface area contributed by atoms with Crippen LogP contribution in [0.2, 0.25) is 0 Å². The normalized spacial score (nSPS) is 10.7. The number of aromatic nitrogens is 2. The van der Waals surface area contributed by atoms with E-state index in [4.69, 9.17) is 4.98 Å². The predicted molar refractivity (Wildman–Crippen MR) is 109 cm³/mol. The Kier molecular flexibility index (Phi) is 4.58. The summed E-state index contributed by atoms with van der Waals surface area (Å²) in [6.45, 7) is 2.06. The van der Waals surface area contributed by atoms with Crippen LogP contribution in [0.25, 0.3) is 16.7 Å². The van der Waals surface area contributed by atoms with E-state index in [1.165, 1.54) is 6.92 Å². The maximum atomic E-state index is 11.4. The molecule has 0 aliphatic heterocycles. The van der Waals surface area contributed by atoms with Crippen LogP contribution in [0, 0.1) is 0 Å². The monoisotopic (exact) mass is 356 g/mol. The second-order valence-corrected chi connectivity index (χ2v) is 6.29. The van der Waals surface area contributed by atoms with Crippen LogP contribution in [-0.2, 0) is 11.3 Å². The first kappa shape index (κ1) is 16.8. The molecule has 0 bridgehead atoms. The van der Waals surface area contributed by atoms with Gasteiger partial charge in [-0.15, -0.1) is 0 Å². The number of amides is 1. The number of imidazole rings is 1. The highest BCUT2D eigenvalue weighted by molar-refractivity contribution is 5.89. The zero-order valence-corrected chi connectivity index (χ0v) is 15.0. The van der Waals surface area contributed by atoms with Crippen LogP contribution < -0.4 is 10.6 Å². The Morgan fingerprint density at radius 3 is 2.44 bits per heavy atom. The molecule has 1 aromatic heterocycles. The van der Waals surface area contributed by atoms with Gasteiger partial charge in [-0.3, -0.25) is 9.36 Å². The lowest BCUT2D eigenvalue weighted by Gasteiger charge is -2.13. The second kappa shape index (κ2) is 7.33. The van der Waals surface area contributed by atoms with E-state index >= 15 is 0 Å². The molecule has 0 saturated heterocycles. The number of fused-ring (bicyclic) bond motifs is 1. The van der Waals surface area contributed by atoms with E-state index in [-0.39, 0.29) is 5.91 Å². The van der Waals surface area contributed by atoms with Crippen LogP contribution in [0.3, 0.4) is 0 Å². The van der Waals surface area contributed by atoms with Crippen molar-refractivity contribution in [1.82, 2.24) is 9.55 Å². The van der Waals surface area contributed by atoms with E-state index in [2.05, 4.69) is 33.4 Å². The van der Waals surface area contributed by atoms with Gasteiger partial charge in [-0.05, 0) is 35.9 Å². The van der Waals surface area contributed by atoms with Crippen molar-refractivity contribution in [2.75, 3.05) is 10.6 Å². The number of para-hydroxylation sites is 4. The molecule has 4 aromatic rings. The largest absolute Gasteiger partial charge is 0.351 e. The van der Waals surface area contributed by atoms with E-state index in [1.54, 1.807) is 0 Å². The average molecular weight is 356 g/mol. The molecule has 5 nitrogen and oxygen atoms in total. The van der Waals surface area contributed by atoms with Gasteiger partial charge < -0.3 is 10.6 Å². The Morgan fingerprint density at radius 1 is 0.926 bits per heavy atom. The molecule has 134 valence electrons. The van der Waals surface area contributed by atoms with Crippen LogP contribution in [0.15, 0.2) is 78.9 Å². The molecule has 1 amide bonds. The molecule has 0 unspecified atom stereocenters. The standard InChI is InChI=1S/C22H20N4O/c1-16(27)24-19-12-6-5-9-17(19)15-23-22-25-20-13-7-8-14-21(20)26(22)18-10-3-2-4-11-18/h2-14H,15H2,1H3,(H,23,25)(H,24,27). The SMILES string of the molecule is CC(=O)Nc1ccccc1CNc1nc2ccccc2n1-c1ccccc1. The summed E-state index contributed by atoms with van der Waals surface area (Å²) in [6, 6.07) is 26.0. The third kappa shape index (κ3) is 3.53. The minimum atomic E-state index is -0.0843. The van der Waals surface area contributed by atoms with Crippen molar-refractivity contribution in [2.24, 2.45) is 0 Å². The molecule has 27 heavy (non-hydrogen) atoms. The zero-order valence-electron chi connectivity index (χ0n) is 15.0. The fraction of sp³-hybridized carbons (Fsp3) is 0.0909. The van der Waals surface area contributed by atoms with Gasteiger partial charge in [0.1, 0.15) is 0 Å². The smallest absolute Gasteiger partial charge is 0.221 e. The molecular weight excluding hydrogens is 336 g/mol. The maximum Gasteiger partial charge on any atom is 0.221 e. The summed E-state index contributed by atoms with van der Waals surface area (Å²) in [7, 11) is 0. The third-order valence-electron chi connectivity index (χ3n) is 4.34. The minimum Gasteiger partial charge on any atom is -0.351 e. The minimum absolute atomic E-state index is 0.0843. The number of rotatable bonds is 5. The average Bonchev–Trinajstić information content (AvgIpc) is 3.06. The molecule has 0 fully saturated rings. The van der Waals surface area contributed by atoms with Crippen molar-refractivity contribution < 1.29 is 4.79 Å². The Labute approximate surface area is 157 Å². The lowest BCUT2D eigenvalue weighted by Crippen LogP contribution is -2.11. The summed E-state index contributed by atoms with van der Waals surface area (Å²) >= 11 is 0. The summed E-state index contributed by atoms with van der Waals surface area (Å²) < 4.78 is 2.11. The van der Waals surface area contributed by atoms with Gasteiger partial charge in [0.05, 0.1) is 11.0 Å². The Morgan fingerprint density at radius 2 is 1.63 bits per heavy atom. The Bertz CT molecular complexity index is 1090. The molecule has 0 spiro atoms. The number of carbonyl (C=O) groups excluding carboxylic acids is 1. The highest BCUT2D eigenvalue weighted by Gasteiger charge is 2.12. The summed E-state index contributed by atoms with van der Waals surface area (Å²) in [6.07, 6.45) is 0. The van der Waals surface area contributed by atoms with Gasteiger partial charge in [0.15, 0.2) is 0 Å². The van der Waals surface area contributed by atoms with E-state index in [1.807, 2.05) is 60.7 Å². The summed E-state index contributed by atoms with van der Waals surface area (Å²) in [5.41, 5.74) is 4.82. The van der Waals surface area contributed by atoms with Crippen molar-refractivity contribution in [3.63, 3.8) is 0 Å². The topological polar surface area (TPSA) is 59.0 Å². The lowest BCUT2D eigenvalue weighted by atomic mass is 10.1. The van der Waals surface area contributed by atoms with E-state index in [0.717, 1.165) is 33.9 Å². The second-order valence-electron chi connectivity index (χ2n) is 6.29. The number of hydrogen-bond acceptors (Lipinski definition) is 3. The summed E-state index contributed by atoms with van der Waals surface area (Å²) in [5.74, 6) is 0.680. The number of anilines is 2. The lowest BCUT2D eigenvalue weighted by molar-refractivity contribution is -0.114. The zero-order chi connectivity index (χ0) is 18.6. The fourth-order valence-electron chi connectivity index (χ4n) is 3.14. The van der Waals surface area contributed by atoms with Crippen molar-refractivity contribution in [3.05, 3.63) is 84.4 Å². The third-order valence-corrected chi connectivity index (χ3v) is 4.34. The molecule has 5 heteroatoms. The van der Waals surface area contributed by atoms with Crippen LogP contribution >= 0.6 is 0 Å². The summed E-state index contributed by atoms with van der Waals surface area (Å²) in [5, 5.41) is 6.31. The van der Waals surface area contributed by atoms with Gasteiger partial charge in [0.2, 0.25) is 11.9 Å². The number of nitrogens with one attached hydrogen (secondary N) is 2. The van der Waals surface area contributed by atoms with Crippen molar-refractivity contribution in [2.45, 2.75) is 13.5 Å². The summed E-state index contributed by atoms with van der Waals surface area (Å²) in [4.78, 5) is 16.2. The number of hydrogen-bond donors (Lipinski definition) is 2. The van der Waals surface area contributed by atoms with Gasteiger partial charge in [-0.2, -0.15) is 0 Å². The molecule has 1 heterocycles. The molecule has 0 aliphatic rings. The molecule has 0 radical (unpaired) electrons. The first-order valence-electron chi connectivity index (χ1n) is 8.84. The van der Waals surface area contributed by atoms with Crippen LogP contribution in [0.4, 0.5) is 11.6 Å². The number of carbonyl (C=O) groups is 1. The quantitative estimate of drug-likeness (QED) is 0.550. The van der Waals surface area contributed by atoms with Crippen LogP contribution in [0.1, 0.15) is 12.5 Å². The Balaban J connectivity index is 1.70. The highest BCUT2D eigenvalue weighted by atomic mass is 16.1. The number of nitrogens with zero attached hydrogens (tertiary/aromatic N) is 2. The van der Waals surface area contributed by atoms with Crippen LogP contribution in [-0.4, -0.2) is 15.5 Å². The van der Waals surface area contributed by atoms with Crippen molar-refractivity contribution >= 4 is 28.6 Å². The van der Waals surface area contributed by atoms with E-state index < -0.39 is 0 Å². The van der Waals surface area contributed by atoms with Crippen molar-refractivity contribution in [3.8, 4) is 5.69 Å². The molecule has 0 saturated carbocycles. The van der Waals surface area contributed by atoms with Crippen molar-refractivity contribution in [1.29, 1.82) is 0 Å². The van der Waals surface area contributed by atoms with Crippen LogP contribution in [0.5, 0.6) is 0 Å². The predicted octanol–water partition coefficient (Wildman–Crippen LogP) is 4.60. The van der Waals surface area contributed by atoms with Gasteiger partial charge in [-0.1, -0.05) is 48.5 Å². The molecule has 2 N–H and O–H groups in total. The molecular formula is C22H20N4O. The maximum absolute atomic E-state index is 11.4. The van der Waals surface area contributed by atoms with Gasteiger partial charge >= 0.3 is 0 Å². The van der Waals surface area contributed by atoms with Gasteiger partial charge in [0, 0.05) is 24.8 Å². The molecule has 3 aromatic carbocycles. The van der Waals surface area contributed by atoms with Gasteiger partial charge in [0.25, 0.3) is 0 Å². The molecule has 0 aliphatic carbocycles. The highest BCUT2D eigenvalue weighted by Crippen LogP contribution is 2.25. The van der Waals surface area contributed by atoms with E-state index in [0.29, 0.717) is 6.54 Å². The Hall–Kier alpha value is -3.60. The molecule has 0 atom stereocenters. The molecule has 4 rings (SSSR count). The fourth-order valence-corrected chi connectivity index (χ4v) is 3.14. The van der Waals surface area contributed by atoms with E-state index in [9.17, 15) is 4.79 Å².